The summed E-state index contributed by atoms with van der Waals surface area (Å²) in [5, 5.41) is 7.06. The van der Waals surface area contributed by atoms with E-state index in [1.165, 1.54) is 0 Å². The lowest BCUT2D eigenvalue weighted by atomic mass is 9.99. The Morgan fingerprint density at radius 1 is 1.03 bits per heavy atom. The molecule has 176 valence electrons. The average Bonchev–Trinajstić information content (AvgIpc) is 3.50. The van der Waals surface area contributed by atoms with Crippen molar-refractivity contribution in [3.8, 4) is 5.69 Å². The predicted octanol–water partition coefficient (Wildman–Crippen LogP) is 5.18. The first kappa shape index (κ1) is 22.8. The molecular weight excluding hydrogens is 454 g/mol. The lowest BCUT2D eigenvalue weighted by Gasteiger charge is -2.27. The summed E-state index contributed by atoms with van der Waals surface area (Å²) in [6.07, 6.45) is 6.30. The maximum atomic E-state index is 12.7. The molecule has 4 aromatic rings. The van der Waals surface area contributed by atoms with Gasteiger partial charge in [-0.2, -0.15) is 0 Å². The normalized spacial score (nSPS) is 17.3. The van der Waals surface area contributed by atoms with E-state index in [2.05, 4.69) is 55.7 Å². The monoisotopic (exact) mass is 481 g/mol. The Hall–Kier alpha value is -3.97. The molecule has 2 atom stereocenters. The molecule has 0 aliphatic carbocycles. The number of hydrogen-bond acceptors (Lipinski definition) is 3. The highest BCUT2D eigenvalue weighted by Gasteiger charge is 2.40. The summed E-state index contributed by atoms with van der Waals surface area (Å²) in [5.41, 5.74) is 5.06. The van der Waals surface area contributed by atoms with Crippen LogP contribution in [0.15, 0.2) is 97.5 Å². The fourth-order valence-corrected chi connectivity index (χ4v) is 4.77. The minimum Gasteiger partial charge on any atom is -0.352 e. The zero-order chi connectivity index (χ0) is 24.2. The average molecular weight is 482 g/mol. The maximum absolute atomic E-state index is 12.7. The van der Waals surface area contributed by atoms with Gasteiger partial charge in [-0.3, -0.25) is 9.78 Å². The Morgan fingerprint density at radius 2 is 1.80 bits per heavy atom. The Labute approximate surface area is 210 Å². The minimum atomic E-state index is -0.115. The fourth-order valence-electron chi connectivity index (χ4n) is 4.44. The van der Waals surface area contributed by atoms with Crippen LogP contribution in [0.25, 0.3) is 5.69 Å². The molecule has 35 heavy (non-hydrogen) atoms. The van der Waals surface area contributed by atoms with E-state index in [-0.39, 0.29) is 18.0 Å². The zero-order valence-corrected chi connectivity index (χ0v) is 20.3. The topological polar surface area (TPSA) is 62.2 Å². The molecule has 1 saturated heterocycles. The number of anilines is 1. The van der Waals surface area contributed by atoms with Crippen LogP contribution in [-0.4, -0.2) is 32.0 Å². The van der Waals surface area contributed by atoms with Gasteiger partial charge in [0.25, 0.3) is 0 Å². The molecule has 2 N–H and O–H groups in total. The van der Waals surface area contributed by atoms with Crippen LogP contribution in [-0.2, 0) is 4.79 Å². The number of amides is 1. The first-order chi connectivity index (χ1) is 17.1. The van der Waals surface area contributed by atoms with Crippen LogP contribution in [0.3, 0.4) is 0 Å². The summed E-state index contributed by atoms with van der Waals surface area (Å²) < 4.78 is 2.11. The Morgan fingerprint density at radius 3 is 2.54 bits per heavy atom. The molecule has 3 heterocycles. The van der Waals surface area contributed by atoms with Crippen molar-refractivity contribution in [3.05, 3.63) is 114 Å². The van der Waals surface area contributed by atoms with Crippen LogP contribution >= 0.6 is 12.2 Å². The third kappa shape index (κ3) is 5.10. The van der Waals surface area contributed by atoms with Gasteiger partial charge in [0.15, 0.2) is 5.11 Å². The smallest absolute Gasteiger partial charge is 0.226 e. The van der Waals surface area contributed by atoms with Gasteiger partial charge in [-0.1, -0.05) is 42.0 Å². The molecule has 1 aliphatic rings. The number of nitrogens with zero attached hydrogens (tertiary/aromatic N) is 3. The summed E-state index contributed by atoms with van der Waals surface area (Å²) in [6.45, 7) is 2.52. The number of para-hydroxylation sites is 1. The maximum Gasteiger partial charge on any atom is 0.226 e. The number of aryl methyl sites for hydroxylation is 1. The number of aromatic nitrogens is 2. The summed E-state index contributed by atoms with van der Waals surface area (Å²) in [6, 6.07) is 25.8. The third-order valence-electron chi connectivity index (χ3n) is 6.22. The van der Waals surface area contributed by atoms with Crippen LogP contribution in [0.4, 0.5) is 5.69 Å². The van der Waals surface area contributed by atoms with E-state index < -0.39 is 0 Å². The van der Waals surface area contributed by atoms with Crippen molar-refractivity contribution in [2.45, 2.75) is 25.4 Å². The van der Waals surface area contributed by atoms with Gasteiger partial charge in [0.2, 0.25) is 5.91 Å². The summed E-state index contributed by atoms with van der Waals surface area (Å²) >= 11 is 5.74. The van der Waals surface area contributed by atoms with Crippen molar-refractivity contribution in [1.82, 2.24) is 19.8 Å². The number of hydrogen-bond donors (Lipinski definition) is 2. The molecule has 2 aromatic heterocycles. The molecule has 0 bridgehead atoms. The molecule has 0 unspecified atom stereocenters. The summed E-state index contributed by atoms with van der Waals surface area (Å²) in [7, 11) is 0. The quantitative estimate of drug-likeness (QED) is 0.356. The van der Waals surface area contributed by atoms with E-state index in [1.54, 1.807) is 6.20 Å². The summed E-state index contributed by atoms with van der Waals surface area (Å²) in [5.74, 6) is -0.0430. The molecule has 1 aliphatic heterocycles. The molecule has 0 saturated carbocycles. The number of carbonyl (C=O) groups excluding carboxylic acids is 1. The molecule has 0 spiro atoms. The van der Waals surface area contributed by atoms with Gasteiger partial charge in [-0.05, 0) is 67.2 Å². The van der Waals surface area contributed by atoms with Crippen LogP contribution in [0.2, 0.25) is 0 Å². The van der Waals surface area contributed by atoms with Gasteiger partial charge in [0, 0.05) is 42.9 Å². The Balaban J connectivity index is 1.38. The van der Waals surface area contributed by atoms with Crippen molar-refractivity contribution in [1.29, 1.82) is 0 Å². The number of benzene rings is 2. The van der Waals surface area contributed by atoms with Gasteiger partial charge in [-0.25, -0.2) is 0 Å². The van der Waals surface area contributed by atoms with E-state index >= 15 is 0 Å². The van der Waals surface area contributed by atoms with Crippen LogP contribution in [0.5, 0.6) is 0 Å². The number of thiocarbonyl (C=S) groups is 1. The molecule has 1 amide bonds. The highest BCUT2D eigenvalue weighted by molar-refractivity contribution is 7.80. The van der Waals surface area contributed by atoms with Crippen molar-refractivity contribution in [2.24, 2.45) is 0 Å². The second-order valence-electron chi connectivity index (χ2n) is 8.67. The molecular formula is C28H27N5OS. The molecule has 0 radical (unpaired) electrons. The lowest BCUT2D eigenvalue weighted by Crippen LogP contribution is -2.32. The Bertz CT molecular complexity index is 1300. The number of nitrogens with one attached hydrogen (secondary N) is 2. The van der Waals surface area contributed by atoms with Crippen molar-refractivity contribution < 1.29 is 4.79 Å². The third-order valence-corrected chi connectivity index (χ3v) is 6.58. The number of pyridine rings is 1. The van der Waals surface area contributed by atoms with E-state index in [4.69, 9.17) is 12.2 Å². The van der Waals surface area contributed by atoms with Crippen LogP contribution in [0, 0.1) is 6.92 Å². The van der Waals surface area contributed by atoms with Crippen LogP contribution < -0.4 is 10.6 Å². The highest BCUT2D eigenvalue weighted by Crippen LogP contribution is 2.39. The molecule has 6 nitrogen and oxygen atoms in total. The largest absolute Gasteiger partial charge is 0.352 e. The van der Waals surface area contributed by atoms with E-state index in [9.17, 15) is 4.79 Å². The second kappa shape index (κ2) is 10.1. The van der Waals surface area contributed by atoms with E-state index in [0.29, 0.717) is 18.1 Å². The summed E-state index contributed by atoms with van der Waals surface area (Å²) in [4.78, 5) is 19.4. The van der Waals surface area contributed by atoms with Gasteiger partial charge in [0.05, 0.1) is 17.8 Å². The van der Waals surface area contributed by atoms with E-state index in [0.717, 1.165) is 28.2 Å². The zero-order valence-electron chi connectivity index (χ0n) is 19.5. The lowest BCUT2D eigenvalue weighted by molar-refractivity contribution is -0.116. The van der Waals surface area contributed by atoms with Gasteiger partial charge < -0.3 is 20.1 Å². The van der Waals surface area contributed by atoms with Gasteiger partial charge in [-0.15, -0.1) is 0 Å². The Kier molecular flexibility index (Phi) is 6.59. The first-order valence-corrected chi connectivity index (χ1v) is 12.1. The highest BCUT2D eigenvalue weighted by atomic mass is 32.1. The standard InChI is InChI=1S/C28H27N5OS/c1-20-10-12-22(13-11-20)30-25(34)15-18-33-27(26(31-28(33)35)24-9-5-6-16-29-24)21-14-17-32(19-21)23-7-3-2-4-8-23/h2-14,16-17,19,26-27H,15,18H2,1H3,(H,30,34)(H,31,35)/t26-,27-/m0/s1. The molecule has 2 aromatic carbocycles. The van der Waals surface area contributed by atoms with Gasteiger partial charge >= 0.3 is 0 Å². The molecule has 1 fully saturated rings. The van der Waals surface area contributed by atoms with Crippen molar-refractivity contribution >= 4 is 28.9 Å². The molecule has 7 heteroatoms. The first-order valence-electron chi connectivity index (χ1n) is 11.7. The van der Waals surface area contributed by atoms with Gasteiger partial charge in [0.1, 0.15) is 0 Å². The minimum absolute atomic E-state index is 0.0430. The number of carbonyl (C=O) groups is 1. The molecule has 5 rings (SSSR count). The van der Waals surface area contributed by atoms with Crippen molar-refractivity contribution in [2.75, 3.05) is 11.9 Å². The van der Waals surface area contributed by atoms with E-state index in [1.807, 2.05) is 67.6 Å². The van der Waals surface area contributed by atoms with Crippen molar-refractivity contribution in [3.63, 3.8) is 0 Å². The van der Waals surface area contributed by atoms with Crippen LogP contribution in [0.1, 0.15) is 35.3 Å². The fraction of sp³-hybridized carbons (Fsp3) is 0.179. The SMILES string of the molecule is Cc1ccc(NC(=O)CCN2C(=S)N[C@@H](c3ccccn3)[C@@H]2c2ccn(-c3ccccc3)c2)cc1. The predicted molar refractivity (Wildman–Crippen MR) is 142 cm³/mol. The number of rotatable bonds is 7. The second-order valence-corrected chi connectivity index (χ2v) is 9.06.